The summed E-state index contributed by atoms with van der Waals surface area (Å²) in [5, 5.41) is 0. The zero-order chi connectivity index (χ0) is 25.5. The topological polar surface area (TPSA) is 78.9 Å². The molecule has 0 radical (unpaired) electrons. The first-order chi connectivity index (χ1) is 16.5. The van der Waals surface area contributed by atoms with Gasteiger partial charge in [-0.2, -0.15) is 0 Å². The summed E-state index contributed by atoms with van der Waals surface area (Å²) in [7, 11) is 1.45. The van der Waals surface area contributed by atoms with Crippen molar-refractivity contribution in [3.8, 4) is 0 Å². The van der Waals surface area contributed by atoms with Gasteiger partial charge in [-0.3, -0.25) is 14.4 Å². The number of hydrogen-bond acceptors (Lipinski definition) is 6. The molecule has 4 rings (SSSR count). The fourth-order valence-corrected chi connectivity index (χ4v) is 9.48. The molecule has 0 spiro atoms. The van der Waals surface area contributed by atoms with Gasteiger partial charge in [-0.15, -0.1) is 0 Å². The fourth-order valence-electron chi connectivity index (χ4n) is 9.48. The first kappa shape index (κ1) is 26.5. The molecule has 4 saturated carbocycles. The standard InChI is InChI=1S/C29H46O6/c1-17(7-12-27(32)33-6)23-10-11-24-22-9-8-20-15-21(34-18(2)30)13-14-28(20,4)25(22)16-26(29(23,24)5)35-19(3)31/h17,20-26H,7-16H2,1-6H3/t17-,20+,21+,22?,23+,24?,25?,26-,28-,29+/m0/s1. The lowest BCUT2D eigenvalue weighted by Gasteiger charge is -2.62. The highest BCUT2D eigenvalue weighted by molar-refractivity contribution is 5.69. The van der Waals surface area contributed by atoms with Crippen LogP contribution in [0, 0.1) is 46.3 Å². The largest absolute Gasteiger partial charge is 0.469 e. The highest BCUT2D eigenvalue weighted by Gasteiger charge is 2.65. The van der Waals surface area contributed by atoms with Gasteiger partial charge in [0, 0.05) is 25.7 Å². The SMILES string of the molecule is COC(=O)CC[C@H](C)[C@H]1CCC2C3CC[C@@H]4C[C@H](OC(C)=O)CC[C@]4(C)C3C[C@H](OC(C)=O)[C@@]21C. The molecule has 0 bridgehead atoms. The molecule has 0 heterocycles. The summed E-state index contributed by atoms with van der Waals surface area (Å²) in [5.41, 5.74) is 0.147. The number of hydrogen-bond donors (Lipinski definition) is 0. The molecule has 0 saturated heterocycles. The van der Waals surface area contributed by atoms with Crippen molar-refractivity contribution >= 4 is 17.9 Å². The molecular weight excluding hydrogens is 444 g/mol. The van der Waals surface area contributed by atoms with Gasteiger partial charge < -0.3 is 14.2 Å². The highest BCUT2D eigenvalue weighted by atomic mass is 16.5. The van der Waals surface area contributed by atoms with E-state index < -0.39 is 0 Å². The molecule has 0 aromatic carbocycles. The Morgan fingerprint density at radius 1 is 0.914 bits per heavy atom. The van der Waals surface area contributed by atoms with Crippen LogP contribution in [0.3, 0.4) is 0 Å². The van der Waals surface area contributed by atoms with Crippen molar-refractivity contribution in [1.29, 1.82) is 0 Å². The molecule has 6 heteroatoms. The first-order valence-electron chi connectivity index (χ1n) is 13.9. The van der Waals surface area contributed by atoms with E-state index >= 15 is 0 Å². The van der Waals surface area contributed by atoms with Crippen molar-refractivity contribution in [2.24, 2.45) is 46.3 Å². The van der Waals surface area contributed by atoms with Crippen LogP contribution in [0.2, 0.25) is 0 Å². The Balaban J connectivity index is 1.58. The average molecular weight is 491 g/mol. The van der Waals surface area contributed by atoms with E-state index in [0.29, 0.717) is 41.9 Å². The minimum Gasteiger partial charge on any atom is -0.469 e. The molecule has 4 fully saturated rings. The van der Waals surface area contributed by atoms with Crippen molar-refractivity contribution in [2.45, 2.75) is 111 Å². The zero-order valence-corrected chi connectivity index (χ0v) is 22.6. The second kappa shape index (κ2) is 10.0. The Hall–Kier alpha value is -1.59. The molecule has 6 nitrogen and oxygen atoms in total. The Labute approximate surface area is 211 Å². The molecular formula is C29H46O6. The monoisotopic (exact) mass is 490 g/mol. The van der Waals surface area contributed by atoms with Gasteiger partial charge in [0.2, 0.25) is 0 Å². The second-order valence-corrected chi connectivity index (χ2v) is 12.6. The van der Waals surface area contributed by atoms with Crippen LogP contribution in [0.4, 0.5) is 0 Å². The molecule has 0 amide bonds. The summed E-state index contributed by atoms with van der Waals surface area (Å²) in [4.78, 5) is 35.7. The van der Waals surface area contributed by atoms with E-state index in [0.717, 1.165) is 38.5 Å². The third kappa shape index (κ3) is 4.75. The van der Waals surface area contributed by atoms with Crippen LogP contribution in [0.1, 0.15) is 98.8 Å². The lowest BCUT2D eigenvalue weighted by molar-refractivity contribution is -0.197. The second-order valence-electron chi connectivity index (χ2n) is 12.6. The minimum absolute atomic E-state index is 0.0479. The molecule has 10 atom stereocenters. The number of carbonyl (C=O) groups is 3. The molecule has 198 valence electrons. The summed E-state index contributed by atoms with van der Waals surface area (Å²) < 4.78 is 16.7. The van der Waals surface area contributed by atoms with E-state index in [4.69, 9.17) is 14.2 Å². The third-order valence-electron chi connectivity index (χ3n) is 11.1. The van der Waals surface area contributed by atoms with Crippen LogP contribution in [0.5, 0.6) is 0 Å². The molecule has 0 aromatic rings. The lowest BCUT2D eigenvalue weighted by atomic mass is 9.43. The molecule has 0 aliphatic heterocycles. The predicted molar refractivity (Wildman–Crippen MR) is 132 cm³/mol. The van der Waals surface area contributed by atoms with Crippen molar-refractivity contribution in [3.63, 3.8) is 0 Å². The summed E-state index contributed by atoms with van der Waals surface area (Å²) in [5.74, 6) is 2.60. The smallest absolute Gasteiger partial charge is 0.305 e. The van der Waals surface area contributed by atoms with Gasteiger partial charge in [0.1, 0.15) is 12.2 Å². The summed E-state index contributed by atoms with van der Waals surface area (Å²) in [6.45, 7) is 10.2. The van der Waals surface area contributed by atoms with Crippen LogP contribution in [0.15, 0.2) is 0 Å². The number of rotatable bonds is 6. The van der Waals surface area contributed by atoms with Crippen LogP contribution in [0.25, 0.3) is 0 Å². The Kier molecular flexibility index (Phi) is 7.60. The summed E-state index contributed by atoms with van der Waals surface area (Å²) >= 11 is 0. The summed E-state index contributed by atoms with van der Waals surface area (Å²) in [6.07, 6.45) is 9.87. The van der Waals surface area contributed by atoms with Crippen LogP contribution in [-0.4, -0.2) is 37.2 Å². The van der Waals surface area contributed by atoms with Crippen LogP contribution in [-0.2, 0) is 28.6 Å². The maximum Gasteiger partial charge on any atom is 0.305 e. The van der Waals surface area contributed by atoms with Gasteiger partial charge in [-0.05, 0) is 98.7 Å². The van der Waals surface area contributed by atoms with Gasteiger partial charge in [-0.1, -0.05) is 20.8 Å². The van der Waals surface area contributed by atoms with Crippen molar-refractivity contribution in [1.82, 2.24) is 0 Å². The van der Waals surface area contributed by atoms with Gasteiger partial charge in [0.05, 0.1) is 7.11 Å². The Morgan fingerprint density at radius 3 is 2.29 bits per heavy atom. The number of fused-ring (bicyclic) bond motifs is 5. The fraction of sp³-hybridized carbons (Fsp3) is 0.897. The van der Waals surface area contributed by atoms with E-state index in [1.165, 1.54) is 33.3 Å². The van der Waals surface area contributed by atoms with Crippen molar-refractivity contribution in [3.05, 3.63) is 0 Å². The lowest BCUT2D eigenvalue weighted by Crippen LogP contribution is -2.59. The number of ether oxygens (including phenoxy) is 3. The van der Waals surface area contributed by atoms with Crippen LogP contribution >= 0.6 is 0 Å². The van der Waals surface area contributed by atoms with E-state index in [1.807, 2.05) is 0 Å². The molecule has 0 N–H and O–H groups in total. The zero-order valence-electron chi connectivity index (χ0n) is 22.6. The normalized spacial score (nSPS) is 43.2. The maximum absolute atomic E-state index is 12.3. The number of methoxy groups -OCH3 is 1. The highest BCUT2D eigenvalue weighted by Crippen LogP contribution is 2.69. The molecule has 4 aliphatic rings. The molecule has 0 aromatic heterocycles. The molecule has 3 unspecified atom stereocenters. The average Bonchev–Trinajstić information content (AvgIpc) is 3.16. The van der Waals surface area contributed by atoms with Crippen molar-refractivity contribution in [2.75, 3.05) is 7.11 Å². The van der Waals surface area contributed by atoms with Crippen molar-refractivity contribution < 1.29 is 28.6 Å². The number of esters is 3. The molecule has 35 heavy (non-hydrogen) atoms. The predicted octanol–water partition coefficient (Wildman–Crippen LogP) is 5.71. The summed E-state index contributed by atoms with van der Waals surface area (Å²) in [6, 6.07) is 0. The maximum atomic E-state index is 12.3. The van der Waals surface area contributed by atoms with E-state index in [1.54, 1.807) is 6.92 Å². The molecule has 4 aliphatic carbocycles. The quantitative estimate of drug-likeness (QED) is 0.351. The van der Waals surface area contributed by atoms with E-state index in [2.05, 4.69) is 20.8 Å². The minimum atomic E-state index is -0.183. The van der Waals surface area contributed by atoms with Gasteiger partial charge in [-0.25, -0.2) is 0 Å². The van der Waals surface area contributed by atoms with Gasteiger partial charge in [0.15, 0.2) is 0 Å². The number of carbonyl (C=O) groups excluding carboxylic acids is 3. The van der Waals surface area contributed by atoms with Gasteiger partial charge >= 0.3 is 17.9 Å². The van der Waals surface area contributed by atoms with E-state index in [9.17, 15) is 14.4 Å². The van der Waals surface area contributed by atoms with Crippen LogP contribution < -0.4 is 0 Å². The van der Waals surface area contributed by atoms with E-state index in [-0.39, 0.29) is 40.9 Å². The Morgan fingerprint density at radius 2 is 1.63 bits per heavy atom. The Bertz CT molecular complexity index is 824. The van der Waals surface area contributed by atoms with Gasteiger partial charge in [0.25, 0.3) is 0 Å². The first-order valence-corrected chi connectivity index (χ1v) is 13.9. The third-order valence-corrected chi connectivity index (χ3v) is 11.1.